The monoisotopic (exact) mass is 801 g/mol. The van der Waals surface area contributed by atoms with E-state index in [1.807, 2.05) is 36.1 Å². The molecule has 0 saturated carbocycles. The number of ether oxygens (including phenoxy) is 1. The Kier molecular flexibility index (Phi) is 17.9. The fourth-order valence-electron chi connectivity index (χ4n) is 4.57. The van der Waals surface area contributed by atoms with Crippen molar-refractivity contribution in [3.05, 3.63) is 66.2 Å². The minimum Gasteiger partial charge on any atom is -0.0497 e. The quantitative estimate of drug-likeness (QED) is 0.0666. The molecule has 0 fully saturated rings. The molecule has 14 nitrogen and oxygen atoms in total. The van der Waals surface area contributed by atoms with Crippen LogP contribution in [0.5, 0.6) is 11.5 Å². The molecule has 3 rings (SSSR count). The molecule has 4 atom stereocenters. The first kappa shape index (κ1) is 42.3. The van der Waals surface area contributed by atoms with Gasteiger partial charge >= 0.3 is 177 Å². The van der Waals surface area contributed by atoms with E-state index in [9.17, 15) is 9.79 Å². The van der Waals surface area contributed by atoms with Crippen molar-refractivity contribution in [2.24, 2.45) is 11.0 Å². The molecule has 278 valence electrons. The number of hydrazine groups is 1. The largest absolute Gasteiger partial charge is 0.0497 e. The summed E-state index contributed by atoms with van der Waals surface area (Å²) in [6.45, 7) is 0.799. The summed E-state index contributed by atoms with van der Waals surface area (Å²) >= 11 is 11.3. The molecule has 0 spiro atoms. The van der Waals surface area contributed by atoms with Gasteiger partial charge < -0.3 is 9.26 Å². The van der Waals surface area contributed by atoms with Gasteiger partial charge in [-0.15, -0.1) is 0 Å². The second-order valence-electron chi connectivity index (χ2n) is 11.1. The number of benzene rings is 2. The molecule has 3 N–H and O–H groups in total. The van der Waals surface area contributed by atoms with Gasteiger partial charge in [-0.05, 0) is 54.8 Å². The maximum absolute atomic E-state index is 10.7. The summed E-state index contributed by atoms with van der Waals surface area (Å²) in [5.41, 5.74) is 4.91. The molecule has 49 heavy (non-hydrogen) atoms. The van der Waals surface area contributed by atoms with E-state index >= 15 is 0 Å². The minimum atomic E-state index is -3.55. The van der Waals surface area contributed by atoms with Crippen LogP contribution in [0.25, 0.3) is 0 Å². The van der Waals surface area contributed by atoms with Crippen LogP contribution in [0.2, 0.25) is 0 Å². The fraction of sp³-hybridized carbons (Fsp3) is 0.483. The molecule has 1 aliphatic carbocycles. The van der Waals surface area contributed by atoms with Crippen molar-refractivity contribution in [2.75, 3.05) is 73.7 Å². The van der Waals surface area contributed by atoms with Gasteiger partial charge in [0, 0.05) is 20.7 Å². The summed E-state index contributed by atoms with van der Waals surface area (Å²) in [6.07, 6.45) is 8.34. The molecular formula is C29H51N5O9P4S2. The van der Waals surface area contributed by atoms with Crippen LogP contribution in [0, 0.1) is 5.92 Å². The van der Waals surface area contributed by atoms with Crippen LogP contribution in [-0.4, -0.2) is 100 Å². The summed E-state index contributed by atoms with van der Waals surface area (Å²) in [6, 6.07) is 14.6. The molecule has 2 aromatic rings. The zero-order valence-corrected chi connectivity index (χ0v) is 34.5. The summed E-state index contributed by atoms with van der Waals surface area (Å²) in [7, 11) is 0.198. The number of nitrogens with one attached hydrogen (secondary N) is 1. The zero-order chi connectivity index (χ0) is 36.0. The van der Waals surface area contributed by atoms with Crippen molar-refractivity contribution in [2.45, 2.75) is 18.9 Å². The Bertz CT molecular complexity index is 1390. The number of methoxy groups -OCH3 is 1. The van der Waals surface area contributed by atoms with E-state index in [1.165, 1.54) is 28.4 Å². The van der Waals surface area contributed by atoms with Gasteiger partial charge in [-0.3, -0.25) is 0 Å². The van der Waals surface area contributed by atoms with Gasteiger partial charge in [0.25, 0.3) is 0 Å². The number of hydrogen-bond donors (Lipinski definition) is 3. The van der Waals surface area contributed by atoms with Crippen LogP contribution in [0.1, 0.15) is 18.4 Å². The molecule has 4 unspecified atom stereocenters. The van der Waals surface area contributed by atoms with Crippen molar-refractivity contribution in [3.63, 3.8) is 0 Å². The third-order valence-electron chi connectivity index (χ3n) is 7.78. The van der Waals surface area contributed by atoms with E-state index in [-0.39, 0.29) is 18.7 Å². The van der Waals surface area contributed by atoms with Crippen molar-refractivity contribution >= 4 is 65.6 Å². The maximum atomic E-state index is 10.7. The van der Waals surface area contributed by atoms with Crippen molar-refractivity contribution < 1.29 is 41.7 Å². The van der Waals surface area contributed by atoms with Crippen LogP contribution in [0.3, 0.4) is 0 Å². The van der Waals surface area contributed by atoms with Gasteiger partial charge in [-0.25, -0.2) is 5.43 Å². The smallest absolute Gasteiger partial charge is 0.0189 e. The Labute approximate surface area is 302 Å². The van der Waals surface area contributed by atoms with E-state index in [0.29, 0.717) is 23.1 Å². The summed E-state index contributed by atoms with van der Waals surface area (Å²) in [5, 5.41) is 4.48. The minimum absolute atomic E-state index is 0.00109. The molecule has 20 heteroatoms. The third kappa shape index (κ3) is 13.7. The van der Waals surface area contributed by atoms with E-state index in [2.05, 4.69) is 22.7 Å². The number of hydrazone groups is 1. The first-order chi connectivity index (χ1) is 23.4. The molecular weight excluding hydrogens is 750 g/mol. The maximum Gasteiger partial charge on any atom is -0.0189 e. The van der Waals surface area contributed by atoms with Crippen LogP contribution >= 0.6 is 30.0 Å². The second-order valence-corrected chi connectivity index (χ2v) is 21.1. The van der Waals surface area contributed by atoms with E-state index in [0.717, 1.165) is 24.9 Å². The normalized spacial score (nSPS) is 18.7. The van der Waals surface area contributed by atoms with Crippen molar-refractivity contribution in [1.29, 1.82) is 0 Å². The second kappa shape index (κ2) is 20.8. The number of rotatable bonds is 21. The zero-order valence-electron chi connectivity index (χ0n) is 28.9. The first-order valence-electron chi connectivity index (χ1n) is 15.4. The third-order valence-corrected chi connectivity index (χ3v) is 16.2. The Hall–Kier alpha value is -1.15. The molecule has 1 aliphatic rings. The van der Waals surface area contributed by atoms with Crippen LogP contribution < -0.4 is 19.4 Å². The van der Waals surface area contributed by atoms with E-state index in [1.54, 1.807) is 54.3 Å². The Balaban J connectivity index is 1.52. The molecule has 0 amide bonds. The fourth-order valence-corrected chi connectivity index (χ4v) is 9.42. The van der Waals surface area contributed by atoms with Crippen LogP contribution in [0.4, 0.5) is 5.69 Å². The summed E-state index contributed by atoms with van der Waals surface area (Å²) in [4.78, 5) is 23.2. The van der Waals surface area contributed by atoms with Crippen LogP contribution in [0.15, 0.2) is 65.8 Å². The molecule has 2 aromatic carbocycles. The standard InChI is InChI=1S/C29H51N5O9P4S2/c1-32(30-20-24-8-14-27(37-3)15-9-24)44(48)42-28-16-10-25(11-17-28)21-31-33(2)45(49)43-29-18-12-26(13-19-29)34(22-46(35,38-4)39-5)23-47(36,40-6)41-7/h8,10-14,16-19,21,24,27,30,35-36,44-47H,9,15,20,22-23H2,1-7H3/b31-21+. The number of anilines is 1. The van der Waals surface area contributed by atoms with E-state index in [4.69, 9.17) is 55.5 Å². The Morgan fingerprint density at radius 3 is 1.84 bits per heavy atom. The molecule has 0 radical (unpaired) electrons. The number of hydrogen-bond acceptors (Lipinski definition) is 14. The van der Waals surface area contributed by atoms with Crippen molar-refractivity contribution in [1.82, 2.24) is 15.0 Å². The predicted molar refractivity (Wildman–Crippen MR) is 211 cm³/mol. The van der Waals surface area contributed by atoms with Gasteiger partial charge in [0.15, 0.2) is 7.07 Å². The molecule has 0 aliphatic heterocycles. The van der Waals surface area contributed by atoms with Gasteiger partial charge in [-0.1, -0.05) is 12.2 Å². The summed E-state index contributed by atoms with van der Waals surface area (Å²) in [5.74, 6) is 1.67. The van der Waals surface area contributed by atoms with Crippen LogP contribution in [-0.2, 0) is 46.4 Å². The molecule has 0 aromatic heterocycles. The van der Waals surface area contributed by atoms with Crippen molar-refractivity contribution in [3.8, 4) is 11.5 Å². The van der Waals surface area contributed by atoms with Gasteiger partial charge in [0.1, 0.15) is 5.75 Å². The first-order valence-corrected chi connectivity index (χ1v) is 24.3. The van der Waals surface area contributed by atoms with Gasteiger partial charge in [-0.2, -0.15) is 4.78 Å². The average Bonchev–Trinajstić information content (AvgIpc) is 3.13. The predicted octanol–water partition coefficient (Wildman–Crippen LogP) is 5.12. The summed E-state index contributed by atoms with van der Waals surface area (Å²) < 4.78 is 42.0. The SMILES string of the molecule is COC1C=CC(CNN(C)[PH](=S)Oc2ccc(/C=N/N(C)[PH](=S)Oc3ccc(N(C[PH](O)(OC)OC)C[PH](O)(OC)OC)cc3)cc2)CC1. The topological polar surface area (TPSA) is 139 Å². The molecule has 0 saturated heterocycles. The Morgan fingerprint density at radius 2 is 1.35 bits per heavy atom. The average molecular weight is 802 g/mol. The number of nitrogens with zero attached hydrogens (tertiary/aromatic N) is 4. The molecule has 0 bridgehead atoms. The Morgan fingerprint density at radius 1 is 0.816 bits per heavy atom. The van der Waals surface area contributed by atoms with E-state index < -0.39 is 30.0 Å². The molecule has 0 heterocycles. The van der Waals surface area contributed by atoms with Gasteiger partial charge in [0.05, 0.1) is 6.10 Å². The van der Waals surface area contributed by atoms with Gasteiger partial charge in [0.2, 0.25) is 0 Å².